The summed E-state index contributed by atoms with van der Waals surface area (Å²) >= 11 is 0. The number of para-hydroxylation sites is 4. The molecule has 5 heteroatoms. The lowest BCUT2D eigenvalue weighted by Gasteiger charge is -2.28. The van der Waals surface area contributed by atoms with Crippen LogP contribution in [0.15, 0.2) is 164 Å². The Kier molecular flexibility index (Phi) is 6.18. The molecule has 0 aliphatic carbocycles. The summed E-state index contributed by atoms with van der Waals surface area (Å²) in [5.74, 6) is -0.575. The van der Waals surface area contributed by atoms with Crippen LogP contribution in [0.5, 0.6) is 0 Å². The average molecular weight is 612 g/mol. The van der Waals surface area contributed by atoms with E-state index >= 15 is 4.39 Å². The van der Waals surface area contributed by atoms with Gasteiger partial charge in [0.05, 0.1) is 33.4 Å². The van der Waals surface area contributed by atoms with Gasteiger partial charge in [0.25, 0.3) is 0 Å². The topological polar surface area (TPSA) is 13.1 Å². The maximum absolute atomic E-state index is 15.1. The van der Waals surface area contributed by atoms with Gasteiger partial charge in [-0.1, -0.05) is 72.8 Å². The molecule has 224 valence electrons. The summed E-state index contributed by atoms with van der Waals surface area (Å²) < 4.78 is 34.3. The maximum Gasteiger partial charge on any atom is 0.123 e. The molecule has 7 aromatic carbocycles. The Hall–Kier alpha value is -6.20. The number of hydrogen-bond acceptors (Lipinski definition) is 1. The Bertz CT molecular complexity index is 2590. The predicted octanol–water partition coefficient (Wildman–Crippen LogP) is 11.6. The number of rotatable bonds is 5. The molecule has 0 aliphatic rings. The lowest BCUT2D eigenvalue weighted by molar-refractivity contribution is 0.629. The van der Waals surface area contributed by atoms with Crippen molar-refractivity contribution in [3.05, 3.63) is 175 Å². The van der Waals surface area contributed by atoms with E-state index in [4.69, 9.17) is 0 Å². The van der Waals surface area contributed by atoms with Crippen molar-refractivity contribution >= 4 is 60.7 Å². The number of halogens is 2. The molecule has 3 nitrogen and oxygen atoms in total. The van der Waals surface area contributed by atoms with Crippen LogP contribution in [0.3, 0.4) is 0 Å². The van der Waals surface area contributed by atoms with E-state index in [-0.39, 0.29) is 11.6 Å². The quantitative estimate of drug-likeness (QED) is 0.189. The molecule has 0 spiro atoms. The van der Waals surface area contributed by atoms with E-state index in [0.717, 1.165) is 72.0 Å². The highest BCUT2D eigenvalue weighted by atomic mass is 19.1. The molecule has 0 atom stereocenters. The Morgan fingerprint density at radius 1 is 0.404 bits per heavy atom. The molecule has 47 heavy (non-hydrogen) atoms. The van der Waals surface area contributed by atoms with E-state index in [1.165, 1.54) is 12.1 Å². The first-order valence-electron chi connectivity index (χ1n) is 15.6. The molecular formula is C42H27F2N3. The Morgan fingerprint density at radius 3 is 1.64 bits per heavy atom. The standard InChI is InChI=1S/C42H27F2N3/c43-28-22-24-36-34(26-28)33-18-10-21-40(42(33)47(36)32-16-8-3-9-17-32)46(31-14-6-2-7-15-31)39-20-11-19-38-41(39)35-27-29(44)23-25-37(35)45(38)30-12-4-1-5-13-30/h1-27H. The fourth-order valence-corrected chi connectivity index (χ4v) is 7.10. The van der Waals surface area contributed by atoms with Crippen LogP contribution in [0, 0.1) is 11.6 Å². The number of benzene rings is 7. The summed E-state index contributed by atoms with van der Waals surface area (Å²) in [7, 11) is 0. The molecule has 0 radical (unpaired) electrons. The van der Waals surface area contributed by atoms with E-state index in [9.17, 15) is 4.39 Å². The summed E-state index contributed by atoms with van der Waals surface area (Å²) in [5.41, 5.74) is 8.47. The van der Waals surface area contributed by atoms with Gasteiger partial charge in [-0.05, 0) is 91.0 Å². The van der Waals surface area contributed by atoms with Crippen LogP contribution >= 0.6 is 0 Å². The van der Waals surface area contributed by atoms with Gasteiger partial charge in [-0.15, -0.1) is 0 Å². The monoisotopic (exact) mass is 611 g/mol. The van der Waals surface area contributed by atoms with Crippen molar-refractivity contribution in [1.29, 1.82) is 0 Å². The second-order valence-corrected chi connectivity index (χ2v) is 11.7. The van der Waals surface area contributed by atoms with Crippen molar-refractivity contribution in [2.45, 2.75) is 0 Å². The van der Waals surface area contributed by atoms with Gasteiger partial charge >= 0.3 is 0 Å². The highest BCUT2D eigenvalue weighted by Gasteiger charge is 2.25. The first-order chi connectivity index (χ1) is 23.2. The molecule has 2 heterocycles. The van der Waals surface area contributed by atoms with Gasteiger partial charge in [-0.3, -0.25) is 0 Å². The van der Waals surface area contributed by atoms with Crippen LogP contribution < -0.4 is 4.90 Å². The van der Waals surface area contributed by atoms with Gasteiger partial charge in [-0.2, -0.15) is 0 Å². The number of hydrogen-bond donors (Lipinski definition) is 0. The van der Waals surface area contributed by atoms with Crippen LogP contribution in [0.4, 0.5) is 25.8 Å². The second kappa shape index (κ2) is 10.7. The zero-order chi connectivity index (χ0) is 31.5. The Labute approximate surface area is 269 Å². The molecule has 0 bridgehead atoms. The summed E-state index contributed by atoms with van der Waals surface area (Å²) in [6, 6.07) is 53.0. The van der Waals surface area contributed by atoms with Crippen LogP contribution in [-0.4, -0.2) is 9.13 Å². The minimum atomic E-state index is -0.293. The molecule has 0 saturated heterocycles. The molecule has 2 aromatic heterocycles. The van der Waals surface area contributed by atoms with Gasteiger partial charge in [0.2, 0.25) is 0 Å². The highest BCUT2D eigenvalue weighted by molar-refractivity contribution is 6.19. The molecule has 0 aliphatic heterocycles. The SMILES string of the molecule is Fc1ccc2c(c1)c1c(N(c3ccccc3)c3cccc4c5cc(F)ccc5n(-c5ccccc5)c34)cccc1n2-c1ccccc1. The van der Waals surface area contributed by atoms with E-state index in [0.29, 0.717) is 0 Å². The minimum absolute atomic E-state index is 0.282. The number of fused-ring (bicyclic) bond motifs is 6. The van der Waals surface area contributed by atoms with Crippen LogP contribution in [0.25, 0.3) is 55.0 Å². The summed E-state index contributed by atoms with van der Waals surface area (Å²) in [6.45, 7) is 0. The fourth-order valence-electron chi connectivity index (χ4n) is 7.10. The third-order valence-corrected chi connectivity index (χ3v) is 8.98. The lowest BCUT2D eigenvalue weighted by Crippen LogP contribution is -2.12. The highest BCUT2D eigenvalue weighted by Crippen LogP contribution is 2.47. The fraction of sp³-hybridized carbons (Fsp3) is 0. The summed E-state index contributed by atoms with van der Waals surface area (Å²) in [4.78, 5) is 2.25. The van der Waals surface area contributed by atoms with Gasteiger partial charge in [0.15, 0.2) is 0 Å². The van der Waals surface area contributed by atoms with Crippen molar-refractivity contribution in [3.63, 3.8) is 0 Å². The van der Waals surface area contributed by atoms with E-state index in [1.807, 2.05) is 72.8 Å². The van der Waals surface area contributed by atoms with E-state index in [2.05, 4.69) is 80.8 Å². The van der Waals surface area contributed by atoms with Crippen LogP contribution in [0.2, 0.25) is 0 Å². The average Bonchev–Trinajstić information content (AvgIpc) is 3.62. The van der Waals surface area contributed by atoms with E-state index in [1.54, 1.807) is 12.1 Å². The van der Waals surface area contributed by atoms with Crippen LogP contribution in [0.1, 0.15) is 0 Å². The molecule has 0 fully saturated rings. The van der Waals surface area contributed by atoms with Crippen LogP contribution in [-0.2, 0) is 0 Å². The van der Waals surface area contributed by atoms with Crippen molar-refractivity contribution < 1.29 is 8.78 Å². The molecule has 0 unspecified atom stereocenters. The molecule has 0 amide bonds. The summed E-state index contributed by atoms with van der Waals surface area (Å²) in [6.07, 6.45) is 0. The lowest BCUT2D eigenvalue weighted by atomic mass is 10.1. The largest absolute Gasteiger partial charge is 0.309 e. The maximum atomic E-state index is 15.1. The van der Waals surface area contributed by atoms with Gasteiger partial charge in [-0.25, -0.2) is 8.78 Å². The van der Waals surface area contributed by atoms with Crippen molar-refractivity contribution in [1.82, 2.24) is 9.13 Å². The number of aromatic nitrogens is 2. The first-order valence-corrected chi connectivity index (χ1v) is 15.6. The Morgan fingerprint density at radius 2 is 0.957 bits per heavy atom. The first kappa shape index (κ1) is 27.1. The van der Waals surface area contributed by atoms with Gasteiger partial charge in [0.1, 0.15) is 11.6 Å². The van der Waals surface area contributed by atoms with Crippen molar-refractivity contribution in [2.75, 3.05) is 4.90 Å². The van der Waals surface area contributed by atoms with E-state index < -0.39 is 0 Å². The molecule has 9 aromatic rings. The second-order valence-electron chi connectivity index (χ2n) is 11.7. The zero-order valence-electron chi connectivity index (χ0n) is 25.2. The van der Waals surface area contributed by atoms with Gasteiger partial charge in [0, 0.05) is 38.6 Å². The molecule has 0 saturated carbocycles. The van der Waals surface area contributed by atoms with Crippen molar-refractivity contribution in [3.8, 4) is 11.4 Å². The smallest absolute Gasteiger partial charge is 0.123 e. The summed E-state index contributed by atoms with van der Waals surface area (Å²) in [5, 5.41) is 3.52. The minimum Gasteiger partial charge on any atom is -0.309 e. The third-order valence-electron chi connectivity index (χ3n) is 8.98. The molecular weight excluding hydrogens is 584 g/mol. The normalized spacial score (nSPS) is 11.6. The zero-order valence-corrected chi connectivity index (χ0v) is 25.2. The molecule has 9 rings (SSSR count). The number of nitrogens with zero attached hydrogens (tertiary/aromatic N) is 3. The van der Waals surface area contributed by atoms with Gasteiger partial charge < -0.3 is 14.0 Å². The number of anilines is 3. The predicted molar refractivity (Wildman–Crippen MR) is 190 cm³/mol. The molecule has 0 N–H and O–H groups in total. The third kappa shape index (κ3) is 4.24. The van der Waals surface area contributed by atoms with Crippen molar-refractivity contribution in [2.24, 2.45) is 0 Å². The Balaban J connectivity index is 1.44.